The van der Waals surface area contributed by atoms with Crippen molar-refractivity contribution in [3.05, 3.63) is 35.9 Å². The molecule has 1 aromatic carbocycles. The number of nitrogens with zero attached hydrogens (tertiary/aromatic N) is 1. The lowest BCUT2D eigenvalue weighted by molar-refractivity contribution is 0.00961. The van der Waals surface area contributed by atoms with Gasteiger partial charge in [-0.05, 0) is 25.3 Å². The van der Waals surface area contributed by atoms with Gasteiger partial charge in [-0.3, -0.25) is 4.90 Å². The Balaban J connectivity index is 2.18. The van der Waals surface area contributed by atoms with Gasteiger partial charge in [0.05, 0.1) is 11.6 Å². The Hall–Kier alpha value is -0.900. The predicted octanol–water partition coefficient (Wildman–Crippen LogP) is 2.87. The van der Waals surface area contributed by atoms with Crippen molar-refractivity contribution in [2.24, 2.45) is 5.92 Å². The van der Waals surface area contributed by atoms with Crippen molar-refractivity contribution >= 4 is 0 Å². The summed E-state index contributed by atoms with van der Waals surface area (Å²) in [6.07, 6.45) is 0.268. The van der Waals surface area contributed by atoms with Gasteiger partial charge in [0.15, 0.2) is 0 Å². The standard InChI is InChI=1S/C18H30N2O/c1-14(2)17-11-19-18(4,16-9-7-6-8-10-16)13-20(17)12-15(3)21-5/h6-10,14-15,17,19H,11-13H2,1-5H3. The molecule has 3 unspecified atom stereocenters. The van der Waals surface area contributed by atoms with Crippen LogP contribution < -0.4 is 5.32 Å². The van der Waals surface area contributed by atoms with Crippen LogP contribution in [0.4, 0.5) is 0 Å². The second-order valence-electron chi connectivity index (χ2n) is 6.87. The fourth-order valence-corrected chi connectivity index (χ4v) is 3.30. The molecule has 0 saturated carbocycles. The molecule has 3 atom stereocenters. The molecule has 21 heavy (non-hydrogen) atoms. The molecule has 3 heteroatoms. The van der Waals surface area contributed by atoms with E-state index in [9.17, 15) is 0 Å². The van der Waals surface area contributed by atoms with Crippen molar-refractivity contribution in [1.82, 2.24) is 10.2 Å². The van der Waals surface area contributed by atoms with Gasteiger partial charge in [0.2, 0.25) is 0 Å². The van der Waals surface area contributed by atoms with E-state index < -0.39 is 0 Å². The Bertz CT molecular complexity index is 434. The first kappa shape index (κ1) is 16.5. The molecule has 1 saturated heterocycles. The molecule has 1 aromatic rings. The van der Waals surface area contributed by atoms with E-state index in [1.54, 1.807) is 7.11 Å². The summed E-state index contributed by atoms with van der Waals surface area (Å²) in [5.41, 5.74) is 1.38. The molecule has 1 aliphatic rings. The summed E-state index contributed by atoms with van der Waals surface area (Å²) in [5.74, 6) is 0.641. The minimum Gasteiger partial charge on any atom is -0.380 e. The number of piperazine rings is 1. The molecule has 118 valence electrons. The number of hydrogen-bond donors (Lipinski definition) is 1. The van der Waals surface area contributed by atoms with Crippen LogP contribution in [0.15, 0.2) is 30.3 Å². The summed E-state index contributed by atoms with van der Waals surface area (Å²) < 4.78 is 5.49. The Morgan fingerprint density at radius 2 is 1.95 bits per heavy atom. The quantitative estimate of drug-likeness (QED) is 0.902. The summed E-state index contributed by atoms with van der Waals surface area (Å²) in [7, 11) is 1.80. The number of benzene rings is 1. The highest BCUT2D eigenvalue weighted by atomic mass is 16.5. The molecule has 0 radical (unpaired) electrons. The van der Waals surface area contributed by atoms with Gasteiger partial charge < -0.3 is 10.1 Å². The topological polar surface area (TPSA) is 24.5 Å². The Labute approximate surface area is 129 Å². The lowest BCUT2D eigenvalue weighted by atomic mass is 9.86. The van der Waals surface area contributed by atoms with Crippen molar-refractivity contribution in [3.63, 3.8) is 0 Å². The first-order valence-corrected chi connectivity index (χ1v) is 8.03. The number of nitrogens with one attached hydrogen (secondary N) is 1. The van der Waals surface area contributed by atoms with Crippen LogP contribution in [0.1, 0.15) is 33.3 Å². The van der Waals surface area contributed by atoms with E-state index in [-0.39, 0.29) is 11.6 Å². The van der Waals surface area contributed by atoms with Crippen LogP contribution >= 0.6 is 0 Å². The predicted molar refractivity (Wildman–Crippen MR) is 88.5 cm³/mol. The lowest BCUT2D eigenvalue weighted by Crippen LogP contribution is -2.63. The normalized spacial score (nSPS) is 28.8. The van der Waals surface area contributed by atoms with E-state index >= 15 is 0 Å². The smallest absolute Gasteiger partial charge is 0.0670 e. The van der Waals surface area contributed by atoms with E-state index in [0.29, 0.717) is 12.0 Å². The third-order valence-electron chi connectivity index (χ3n) is 4.76. The molecule has 1 N–H and O–H groups in total. The van der Waals surface area contributed by atoms with Crippen LogP contribution in [-0.4, -0.2) is 43.8 Å². The zero-order valence-electron chi connectivity index (χ0n) is 14.1. The van der Waals surface area contributed by atoms with E-state index in [1.165, 1.54) is 5.56 Å². The van der Waals surface area contributed by atoms with Gasteiger partial charge in [-0.15, -0.1) is 0 Å². The minimum absolute atomic E-state index is 0.0140. The zero-order chi connectivity index (χ0) is 15.5. The molecule has 2 rings (SSSR count). The van der Waals surface area contributed by atoms with Gasteiger partial charge in [0.25, 0.3) is 0 Å². The summed E-state index contributed by atoms with van der Waals surface area (Å²) >= 11 is 0. The van der Waals surface area contributed by atoms with Gasteiger partial charge in [-0.1, -0.05) is 44.2 Å². The summed E-state index contributed by atoms with van der Waals surface area (Å²) in [5, 5.41) is 3.78. The lowest BCUT2D eigenvalue weighted by Gasteiger charge is -2.48. The third kappa shape index (κ3) is 3.85. The number of rotatable bonds is 5. The molecule has 3 nitrogen and oxygen atoms in total. The van der Waals surface area contributed by atoms with Crippen molar-refractivity contribution < 1.29 is 4.74 Å². The second kappa shape index (κ2) is 6.91. The molecule has 1 fully saturated rings. The summed E-state index contributed by atoms with van der Waals surface area (Å²) in [6, 6.07) is 11.3. The number of hydrogen-bond acceptors (Lipinski definition) is 3. The molecule has 0 amide bonds. The van der Waals surface area contributed by atoms with Crippen molar-refractivity contribution in [2.45, 2.75) is 45.4 Å². The van der Waals surface area contributed by atoms with Crippen LogP contribution in [0.5, 0.6) is 0 Å². The van der Waals surface area contributed by atoms with Crippen LogP contribution in [0, 0.1) is 5.92 Å². The fraction of sp³-hybridized carbons (Fsp3) is 0.667. The molecule has 0 aliphatic carbocycles. The second-order valence-corrected chi connectivity index (χ2v) is 6.87. The molecule has 1 heterocycles. The maximum absolute atomic E-state index is 5.49. The minimum atomic E-state index is 0.0140. The number of methoxy groups -OCH3 is 1. The van der Waals surface area contributed by atoms with Gasteiger partial charge in [0, 0.05) is 32.8 Å². The van der Waals surface area contributed by atoms with Crippen molar-refractivity contribution in [2.75, 3.05) is 26.7 Å². The Morgan fingerprint density at radius 1 is 1.29 bits per heavy atom. The first-order valence-electron chi connectivity index (χ1n) is 8.03. The van der Waals surface area contributed by atoms with E-state index in [1.807, 2.05) is 0 Å². The summed E-state index contributed by atoms with van der Waals surface area (Å²) in [6.45, 7) is 12.1. The van der Waals surface area contributed by atoms with Crippen LogP contribution in [0.2, 0.25) is 0 Å². The summed E-state index contributed by atoms with van der Waals surface area (Å²) in [4.78, 5) is 2.60. The molecule has 0 spiro atoms. The van der Waals surface area contributed by atoms with E-state index in [0.717, 1.165) is 19.6 Å². The highest BCUT2D eigenvalue weighted by Gasteiger charge is 2.38. The van der Waals surface area contributed by atoms with Crippen LogP contribution in [0.3, 0.4) is 0 Å². The number of ether oxygens (including phenoxy) is 1. The van der Waals surface area contributed by atoms with Crippen LogP contribution in [-0.2, 0) is 10.3 Å². The molecular formula is C18H30N2O. The first-order chi connectivity index (χ1) is 9.96. The molecule has 0 aromatic heterocycles. The van der Waals surface area contributed by atoms with E-state index in [2.05, 4.69) is 68.2 Å². The maximum Gasteiger partial charge on any atom is 0.0670 e. The van der Waals surface area contributed by atoms with Gasteiger partial charge >= 0.3 is 0 Å². The van der Waals surface area contributed by atoms with Crippen LogP contribution in [0.25, 0.3) is 0 Å². The SMILES string of the molecule is COC(C)CN1CC(C)(c2ccccc2)NCC1C(C)C. The van der Waals surface area contributed by atoms with Crippen molar-refractivity contribution in [1.29, 1.82) is 0 Å². The van der Waals surface area contributed by atoms with Gasteiger partial charge in [-0.2, -0.15) is 0 Å². The largest absolute Gasteiger partial charge is 0.380 e. The van der Waals surface area contributed by atoms with E-state index in [4.69, 9.17) is 4.74 Å². The molecular weight excluding hydrogens is 260 g/mol. The maximum atomic E-state index is 5.49. The highest BCUT2D eigenvalue weighted by Crippen LogP contribution is 2.28. The Morgan fingerprint density at radius 3 is 2.52 bits per heavy atom. The Kier molecular flexibility index (Phi) is 5.42. The highest BCUT2D eigenvalue weighted by molar-refractivity contribution is 5.25. The fourth-order valence-electron chi connectivity index (χ4n) is 3.30. The molecule has 1 aliphatic heterocycles. The third-order valence-corrected chi connectivity index (χ3v) is 4.76. The monoisotopic (exact) mass is 290 g/mol. The van der Waals surface area contributed by atoms with Gasteiger partial charge in [0.1, 0.15) is 0 Å². The molecule has 0 bridgehead atoms. The van der Waals surface area contributed by atoms with Gasteiger partial charge in [-0.25, -0.2) is 0 Å². The van der Waals surface area contributed by atoms with Crippen molar-refractivity contribution in [3.8, 4) is 0 Å². The average Bonchev–Trinajstić information content (AvgIpc) is 2.48. The average molecular weight is 290 g/mol. The zero-order valence-corrected chi connectivity index (χ0v) is 14.1.